The Bertz CT molecular complexity index is 977. The monoisotopic (exact) mass is 383 g/mol. The van der Waals surface area contributed by atoms with E-state index in [-0.39, 0.29) is 5.56 Å². The predicted molar refractivity (Wildman–Crippen MR) is 105 cm³/mol. The van der Waals surface area contributed by atoms with Crippen molar-refractivity contribution in [2.45, 2.75) is 45.1 Å². The lowest BCUT2D eigenvalue weighted by atomic mass is 9.89. The van der Waals surface area contributed by atoms with E-state index >= 15 is 0 Å². The molecule has 0 bridgehead atoms. The lowest BCUT2D eigenvalue weighted by molar-refractivity contribution is 0.0695. The summed E-state index contributed by atoms with van der Waals surface area (Å²) in [7, 11) is 0. The maximum Gasteiger partial charge on any atom is 0.336 e. The molecule has 1 aromatic carbocycles. The number of carboxylic acids is 1. The highest BCUT2D eigenvalue weighted by Crippen LogP contribution is 2.29. The van der Waals surface area contributed by atoms with Crippen LogP contribution < -0.4 is 0 Å². The highest BCUT2D eigenvalue weighted by Gasteiger charge is 2.19. The molecule has 0 radical (unpaired) electrons. The van der Waals surface area contributed by atoms with Gasteiger partial charge in [0, 0.05) is 35.8 Å². The molecule has 2 heterocycles. The van der Waals surface area contributed by atoms with E-state index in [0.29, 0.717) is 22.9 Å². The van der Waals surface area contributed by atoms with Crippen molar-refractivity contribution in [1.29, 1.82) is 0 Å². The van der Waals surface area contributed by atoms with Gasteiger partial charge in [-0.1, -0.05) is 30.9 Å². The third-order valence-corrected chi connectivity index (χ3v) is 5.67. The molecule has 0 spiro atoms. The summed E-state index contributed by atoms with van der Waals surface area (Å²) in [6.07, 6.45) is 9.94. The number of hydrogen-bond donors (Lipinski definition) is 1. The van der Waals surface area contributed by atoms with E-state index in [2.05, 4.69) is 9.67 Å². The highest BCUT2D eigenvalue weighted by atomic mass is 35.5. The van der Waals surface area contributed by atoms with Gasteiger partial charge in [0.15, 0.2) is 0 Å². The number of carbonyl (C=O) groups is 1. The van der Waals surface area contributed by atoms with Gasteiger partial charge in [-0.2, -0.15) is 5.10 Å². The summed E-state index contributed by atoms with van der Waals surface area (Å²) >= 11 is 6.23. The van der Waals surface area contributed by atoms with Gasteiger partial charge < -0.3 is 5.11 Å². The van der Waals surface area contributed by atoms with Gasteiger partial charge in [0.05, 0.1) is 16.8 Å². The van der Waals surface area contributed by atoms with Gasteiger partial charge in [-0.15, -0.1) is 0 Å². The summed E-state index contributed by atoms with van der Waals surface area (Å²) in [5.41, 5.74) is 2.83. The Balaban J connectivity index is 1.72. The third-order valence-electron chi connectivity index (χ3n) is 5.44. The zero-order chi connectivity index (χ0) is 18.8. The molecule has 5 nitrogen and oxygen atoms in total. The smallest absolute Gasteiger partial charge is 0.336 e. The standard InChI is InChI=1S/C21H22ClN3O2/c22-16-6-7-20-18(11-16)19(10-15-12-23-9-8-17(15)21(26)27)24-25(20)13-14-4-2-1-3-5-14/h6-9,11-12,14H,1-5,10,13H2,(H,26,27). The molecule has 1 aliphatic rings. The van der Waals surface area contributed by atoms with Gasteiger partial charge in [-0.3, -0.25) is 9.67 Å². The van der Waals surface area contributed by atoms with Crippen LogP contribution in [0.4, 0.5) is 0 Å². The molecule has 0 atom stereocenters. The lowest BCUT2D eigenvalue weighted by Crippen LogP contribution is -2.15. The molecule has 4 rings (SSSR count). The quantitative estimate of drug-likeness (QED) is 0.676. The molecule has 140 valence electrons. The van der Waals surface area contributed by atoms with Crippen molar-refractivity contribution in [3.05, 3.63) is 58.5 Å². The molecule has 1 saturated carbocycles. The average Bonchev–Trinajstić information content (AvgIpc) is 2.99. The van der Waals surface area contributed by atoms with E-state index in [1.165, 1.54) is 44.4 Å². The summed E-state index contributed by atoms with van der Waals surface area (Å²) in [6, 6.07) is 7.36. The SMILES string of the molecule is O=C(O)c1ccncc1Cc1nn(CC2CCCCC2)c2ccc(Cl)cc12. The Labute approximate surface area is 163 Å². The van der Waals surface area contributed by atoms with Crippen LogP contribution in [0.2, 0.25) is 5.02 Å². The Kier molecular flexibility index (Phi) is 5.12. The first kappa shape index (κ1) is 18.0. The number of aromatic carboxylic acids is 1. The molecular weight excluding hydrogens is 362 g/mol. The zero-order valence-corrected chi connectivity index (χ0v) is 15.8. The Morgan fingerprint density at radius 3 is 2.81 bits per heavy atom. The molecule has 1 fully saturated rings. The van der Waals surface area contributed by atoms with Crippen LogP contribution in [-0.4, -0.2) is 25.8 Å². The van der Waals surface area contributed by atoms with Crippen LogP contribution in [0.15, 0.2) is 36.7 Å². The van der Waals surface area contributed by atoms with Gasteiger partial charge in [-0.25, -0.2) is 4.79 Å². The van der Waals surface area contributed by atoms with Crippen molar-refractivity contribution >= 4 is 28.5 Å². The molecular formula is C21H22ClN3O2. The lowest BCUT2D eigenvalue weighted by Gasteiger charge is -2.21. The number of nitrogens with zero attached hydrogens (tertiary/aromatic N) is 3. The van der Waals surface area contributed by atoms with Crippen molar-refractivity contribution < 1.29 is 9.90 Å². The summed E-state index contributed by atoms with van der Waals surface area (Å²) in [6.45, 7) is 0.900. The summed E-state index contributed by atoms with van der Waals surface area (Å²) in [5, 5.41) is 15.9. The first-order valence-corrected chi connectivity index (χ1v) is 9.81. The topological polar surface area (TPSA) is 68.0 Å². The van der Waals surface area contributed by atoms with Gasteiger partial charge in [0.25, 0.3) is 0 Å². The number of halogens is 1. The van der Waals surface area contributed by atoms with E-state index in [0.717, 1.165) is 23.1 Å². The van der Waals surface area contributed by atoms with E-state index < -0.39 is 5.97 Å². The average molecular weight is 384 g/mol. The van der Waals surface area contributed by atoms with Gasteiger partial charge in [-0.05, 0) is 48.6 Å². The molecule has 0 amide bonds. The number of carboxylic acid groups (broad SMARTS) is 1. The fraction of sp³-hybridized carbons (Fsp3) is 0.381. The number of rotatable bonds is 5. The van der Waals surface area contributed by atoms with E-state index in [9.17, 15) is 9.90 Å². The molecule has 0 unspecified atom stereocenters. The van der Waals surface area contributed by atoms with Crippen LogP contribution in [0.1, 0.15) is 53.7 Å². The van der Waals surface area contributed by atoms with Crippen LogP contribution in [-0.2, 0) is 13.0 Å². The second-order valence-electron chi connectivity index (χ2n) is 7.31. The minimum atomic E-state index is -0.948. The minimum Gasteiger partial charge on any atom is -0.478 e. The van der Waals surface area contributed by atoms with E-state index in [1.54, 1.807) is 6.20 Å². The predicted octanol–water partition coefficient (Wildman–Crippen LogP) is 4.95. The van der Waals surface area contributed by atoms with Gasteiger partial charge in [0.1, 0.15) is 0 Å². The highest BCUT2D eigenvalue weighted by molar-refractivity contribution is 6.31. The second kappa shape index (κ2) is 7.69. The molecule has 27 heavy (non-hydrogen) atoms. The van der Waals surface area contributed by atoms with Crippen molar-refractivity contribution in [2.75, 3.05) is 0 Å². The minimum absolute atomic E-state index is 0.266. The zero-order valence-electron chi connectivity index (χ0n) is 15.1. The van der Waals surface area contributed by atoms with Gasteiger partial charge in [0.2, 0.25) is 0 Å². The summed E-state index contributed by atoms with van der Waals surface area (Å²) < 4.78 is 2.08. The molecule has 1 aliphatic carbocycles. The first-order valence-electron chi connectivity index (χ1n) is 9.43. The molecule has 3 aromatic rings. The van der Waals surface area contributed by atoms with Crippen LogP contribution in [0.25, 0.3) is 10.9 Å². The Morgan fingerprint density at radius 1 is 1.22 bits per heavy atom. The van der Waals surface area contributed by atoms with Crippen LogP contribution in [0.5, 0.6) is 0 Å². The van der Waals surface area contributed by atoms with Crippen molar-refractivity contribution in [3.63, 3.8) is 0 Å². The summed E-state index contributed by atoms with van der Waals surface area (Å²) in [5.74, 6) is -0.297. The third kappa shape index (κ3) is 3.83. The Hall–Kier alpha value is -2.40. The van der Waals surface area contributed by atoms with Crippen molar-refractivity contribution in [2.24, 2.45) is 5.92 Å². The molecule has 6 heteroatoms. The van der Waals surface area contributed by atoms with E-state index in [1.807, 2.05) is 18.2 Å². The number of benzene rings is 1. The number of hydrogen-bond acceptors (Lipinski definition) is 3. The maximum atomic E-state index is 11.5. The van der Waals surface area contributed by atoms with Crippen LogP contribution in [0.3, 0.4) is 0 Å². The van der Waals surface area contributed by atoms with Gasteiger partial charge >= 0.3 is 5.97 Å². The molecule has 0 aliphatic heterocycles. The number of pyridine rings is 1. The largest absolute Gasteiger partial charge is 0.478 e. The summed E-state index contributed by atoms with van der Waals surface area (Å²) in [4.78, 5) is 15.6. The maximum absolute atomic E-state index is 11.5. The van der Waals surface area contributed by atoms with Crippen LogP contribution >= 0.6 is 11.6 Å². The normalized spacial score (nSPS) is 15.3. The first-order chi connectivity index (χ1) is 13.1. The van der Waals surface area contributed by atoms with Crippen molar-refractivity contribution in [3.8, 4) is 0 Å². The van der Waals surface area contributed by atoms with Crippen molar-refractivity contribution in [1.82, 2.24) is 14.8 Å². The molecule has 1 N–H and O–H groups in total. The number of fused-ring (bicyclic) bond motifs is 1. The van der Waals surface area contributed by atoms with E-state index in [4.69, 9.17) is 16.7 Å². The second-order valence-corrected chi connectivity index (χ2v) is 7.75. The molecule has 0 saturated heterocycles. The Morgan fingerprint density at radius 2 is 2.04 bits per heavy atom. The fourth-order valence-corrected chi connectivity index (χ4v) is 4.23. The molecule has 2 aromatic heterocycles. The van der Waals surface area contributed by atoms with Crippen LogP contribution in [0, 0.1) is 5.92 Å². The fourth-order valence-electron chi connectivity index (χ4n) is 4.06. The number of aromatic nitrogens is 3.